The number of ether oxygens (including phenoxy) is 1. The van der Waals surface area contributed by atoms with E-state index < -0.39 is 0 Å². The number of pyridine rings is 1. The smallest absolute Gasteiger partial charge is 0.230 e. The molecule has 0 saturated carbocycles. The quantitative estimate of drug-likeness (QED) is 0.494. The number of nitrogens with zero attached hydrogens (tertiary/aromatic N) is 3. The van der Waals surface area contributed by atoms with E-state index in [1.54, 1.807) is 18.5 Å². The van der Waals surface area contributed by atoms with Crippen molar-refractivity contribution in [3.05, 3.63) is 77.6 Å². The van der Waals surface area contributed by atoms with E-state index in [4.69, 9.17) is 16.3 Å². The second-order valence-corrected chi connectivity index (χ2v) is 6.05. The minimum atomic E-state index is 0.517. The molecule has 0 radical (unpaired) electrons. The molecule has 0 bridgehead atoms. The fraction of sp³-hybridized carbons (Fsp3) is 0.0500. The highest BCUT2D eigenvalue weighted by molar-refractivity contribution is 6.30. The molecule has 4 nitrogen and oxygen atoms in total. The molecule has 0 N–H and O–H groups in total. The second-order valence-electron chi connectivity index (χ2n) is 5.62. The summed E-state index contributed by atoms with van der Waals surface area (Å²) < 4.78 is 6.11. The van der Waals surface area contributed by atoms with Crippen molar-refractivity contribution in [2.45, 2.75) is 6.92 Å². The number of aromatic nitrogens is 3. The summed E-state index contributed by atoms with van der Waals surface area (Å²) in [6.45, 7) is 1.95. The summed E-state index contributed by atoms with van der Waals surface area (Å²) in [7, 11) is 0. The summed E-state index contributed by atoms with van der Waals surface area (Å²) in [4.78, 5) is 13.3. The van der Waals surface area contributed by atoms with Gasteiger partial charge in [-0.05, 0) is 55.0 Å². The maximum absolute atomic E-state index is 6.11. The highest BCUT2D eigenvalue weighted by Gasteiger charge is 2.12. The average Bonchev–Trinajstić information content (AvgIpc) is 2.64. The molecular weight excluding hydrogens is 334 g/mol. The number of aryl methyl sites for hydroxylation is 1. The molecule has 0 atom stereocenters. The zero-order valence-corrected chi connectivity index (χ0v) is 14.2. The molecule has 0 aliphatic heterocycles. The first-order valence-electron chi connectivity index (χ1n) is 7.82. The first-order valence-corrected chi connectivity index (χ1v) is 8.20. The molecule has 0 amide bonds. The Bertz CT molecular complexity index is 1050. The molecule has 2 aromatic heterocycles. The van der Waals surface area contributed by atoms with E-state index in [9.17, 15) is 0 Å². The number of rotatable bonds is 3. The summed E-state index contributed by atoms with van der Waals surface area (Å²) >= 11 is 6.03. The third kappa shape index (κ3) is 3.16. The van der Waals surface area contributed by atoms with E-state index in [2.05, 4.69) is 15.0 Å². The van der Waals surface area contributed by atoms with Crippen molar-refractivity contribution < 1.29 is 4.74 Å². The van der Waals surface area contributed by atoms with Crippen LogP contribution in [0, 0.1) is 6.92 Å². The van der Waals surface area contributed by atoms with Gasteiger partial charge in [-0.3, -0.25) is 4.98 Å². The van der Waals surface area contributed by atoms with Crippen molar-refractivity contribution in [1.82, 2.24) is 15.0 Å². The van der Waals surface area contributed by atoms with Gasteiger partial charge < -0.3 is 4.74 Å². The van der Waals surface area contributed by atoms with Crippen LogP contribution in [-0.2, 0) is 0 Å². The van der Waals surface area contributed by atoms with Gasteiger partial charge in [0.15, 0.2) is 5.82 Å². The third-order valence-corrected chi connectivity index (χ3v) is 4.09. The standard InChI is InChI=1S/C20H14ClN3O/c1-13-12-15(21)6-7-18(13)25-20-16-4-2-3-5-17(16)23-19(24-20)14-8-10-22-11-9-14/h2-12H,1H3. The van der Waals surface area contributed by atoms with Crippen LogP contribution in [0.2, 0.25) is 5.02 Å². The Hall–Kier alpha value is -2.98. The molecule has 0 fully saturated rings. The summed E-state index contributed by atoms with van der Waals surface area (Å²) in [6.07, 6.45) is 3.44. The van der Waals surface area contributed by atoms with Gasteiger partial charge in [-0.1, -0.05) is 23.7 Å². The molecule has 122 valence electrons. The van der Waals surface area contributed by atoms with Gasteiger partial charge in [-0.15, -0.1) is 0 Å². The van der Waals surface area contributed by atoms with Crippen molar-refractivity contribution in [3.63, 3.8) is 0 Å². The average molecular weight is 348 g/mol. The van der Waals surface area contributed by atoms with Crippen LogP contribution in [0.25, 0.3) is 22.3 Å². The highest BCUT2D eigenvalue weighted by Crippen LogP contribution is 2.32. The maximum Gasteiger partial charge on any atom is 0.230 e. The van der Waals surface area contributed by atoms with Crippen LogP contribution in [0.4, 0.5) is 0 Å². The number of fused-ring (bicyclic) bond motifs is 1. The minimum Gasteiger partial charge on any atom is -0.438 e. The predicted octanol–water partition coefficient (Wildman–Crippen LogP) is 5.45. The summed E-state index contributed by atoms with van der Waals surface area (Å²) in [5, 5.41) is 1.53. The first kappa shape index (κ1) is 15.5. The zero-order valence-electron chi connectivity index (χ0n) is 13.5. The highest BCUT2D eigenvalue weighted by atomic mass is 35.5. The third-order valence-electron chi connectivity index (χ3n) is 3.85. The molecule has 0 unspecified atom stereocenters. The molecule has 0 spiro atoms. The molecule has 0 aliphatic rings. The number of hydrogen-bond acceptors (Lipinski definition) is 4. The van der Waals surface area contributed by atoms with Crippen molar-refractivity contribution in [2.24, 2.45) is 0 Å². The van der Waals surface area contributed by atoms with Crippen molar-refractivity contribution in [2.75, 3.05) is 0 Å². The van der Waals surface area contributed by atoms with Crippen LogP contribution in [0.5, 0.6) is 11.6 Å². The molecule has 2 heterocycles. The fourth-order valence-corrected chi connectivity index (χ4v) is 2.81. The topological polar surface area (TPSA) is 47.9 Å². The number of benzene rings is 2. The molecule has 4 aromatic rings. The normalized spacial score (nSPS) is 10.8. The fourth-order valence-electron chi connectivity index (χ4n) is 2.59. The largest absolute Gasteiger partial charge is 0.438 e. The van der Waals surface area contributed by atoms with Gasteiger partial charge in [0.2, 0.25) is 5.88 Å². The number of para-hydroxylation sites is 1. The molecule has 2 aromatic carbocycles. The van der Waals surface area contributed by atoms with Crippen LogP contribution >= 0.6 is 11.6 Å². The monoisotopic (exact) mass is 347 g/mol. The SMILES string of the molecule is Cc1cc(Cl)ccc1Oc1nc(-c2ccncc2)nc2ccccc12. The molecule has 25 heavy (non-hydrogen) atoms. The summed E-state index contributed by atoms with van der Waals surface area (Å²) in [5.74, 6) is 1.83. The van der Waals surface area contributed by atoms with Crippen molar-refractivity contribution in [3.8, 4) is 23.0 Å². The Morgan fingerprint density at radius 1 is 0.920 bits per heavy atom. The molecule has 0 aliphatic carbocycles. The zero-order chi connectivity index (χ0) is 17.2. The van der Waals surface area contributed by atoms with E-state index in [1.165, 1.54) is 0 Å². The van der Waals surface area contributed by atoms with Gasteiger partial charge in [0, 0.05) is 23.0 Å². The lowest BCUT2D eigenvalue weighted by molar-refractivity contribution is 0.465. The Labute approximate surface area is 150 Å². The Kier molecular flexibility index (Phi) is 4.04. The lowest BCUT2D eigenvalue weighted by Gasteiger charge is -2.12. The van der Waals surface area contributed by atoms with E-state index in [-0.39, 0.29) is 0 Å². The number of hydrogen-bond donors (Lipinski definition) is 0. The van der Waals surface area contributed by atoms with Gasteiger partial charge in [-0.2, -0.15) is 4.98 Å². The Morgan fingerprint density at radius 3 is 2.52 bits per heavy atom. The van der Waals surface area contributed by atoms with Crippen LogP contribution in [-0.4, -0.2) is 15.0 Å². The predicted molar refractivity (Wildman–Crippen MR) is 99.0 cm³/mol. The van der Waals surface area contributed by atoms with Gasteiger partial charge in [0.05, 0.1) is 10.9 Å². The maximum atomic E-state index is 6.11. The van der Waals surface area contributed by atoms with Crippen LogP contribution in [0.1, 0.15) is 5.56 Å². The molecule has 4 rings (SSSR count). The second kappa shape index (κ2) is 6.49. The van der Waals surface area contributed by atoms with E-state index in [1.807, 2.05) is 55.5 Å². The minimum absolute atomic E-state index is 0.517. The van der Waals surface area contributed by atoms with Crippen LogP contribution < -0.4 is 4.74 Å². The first-order chi connectivity index (χ1) is 12.2. The molecule has 5 heteroatoms. The Balaban J connectivity index is 1.86. The van der Waals surface area contributed by atoms with Crippen LogP contribution in [0.15, 0.2) is 67.0 Å². The number of halogens is 1. The van der Waals surface area contributed by atoms with E-state index in [0.717, 1.165) is 22.0 Å². The lowest BCUT2D eigenvalue weighted by Crippen LogP contribution is -1.97. The molecular formula is C20H14ClN3O. The summed E-state index contributed by atoms with van der Waals surface area (Å²) in [5.41, 5.74) is 2.66. The van der Waals surface area contributed by atoms with E-state index >= 15 is 0 Å². The van der Waals surface area contributed by atoms with Gasteiger partial charge in [-0.25, -0.2) is 4.98 Å². The summed E-state index contributed by atoms with van der Waals surface area (Å²) in [6, 6.07) is 17.1. The van der Waals surface area contributed by atoms with Gasteiger partial charge in [0.25, 0.3) is 0 Å². The van der Waals surface area contributed by atoms with Gasteiger partial charge >= 0.3 is 0 Å². The van der Waals surface area contributed by atoms with Gasteiger partial charge in [0.1, 0.15) is 5.75 Å². The van der Waals surface area contributed by atoms with E-state index in [0.29, 0.717) is 22.5 Å². The lowest BCUT2D eigenvalue weighted by atomic mass is 10.2. The van der Waals surface area contributed by atoms with Crippen molar-refractivity contribution >= 4 is 22.5 Å². The molecule has 0 saturated heterocycles. The van der Waals surface area contributed by atoms with Crippen molar-refractivity contribution in [1.29, 1.82) is 0 Å². The van der Waals surface area contributed by atoms with Crippen LogP contribution in [0.3, 0.4) is 0 Å². The Morgan fingerprint density at radius 2 is 1.72 bits per heavy atom.